The molecule has 0 saturated heterocycles. The topological polar surface area (TPSA) is 26.0 Å². The van der Waals surface area contributed by atoms with Gasteiger partial charge in [0, 0.05) is 15.6 Å². The molecule has 1 rings (SSSR count). The van der Waals surface area contributed by atoms with Crippen molar-refractivity contribution in [3.05, 3.63) is 33.8 Å². The molecule has 0 saturated carbocycles. The molecule has 90 valence electrons. The van der Waals surface area contributed by atoms with Gasteiger partial charge in [0.2, 0.25) is 0 Å². The minimum atomic E-state index is -0.214. The molecule has 0 fully saturated rings. The monoisotopic (exact) mass is 259 g/mol. The Bertz CT molecular complexity index is 363. The molecule has 1 unspecified atom stereocenters. The smallest absolute Gasteiger partial charge is 0.0439 e. The third-order valence-electron chi connectivity index (χ3n) is 3.34. The highest BCUT2D eigenvalue weighted by molar-refractivity contribution is 6.33. The molecular weight excluding hydrogens is 241 g/mol. The van der Waals surface area contributed by atoms with E-state index in [2.05, 4.69) is 20.8 Å². The second kappa shape index (κ2) is 5.39. The molecule has 0 aromatic heterocycles. The summed E-state index contributed by atoms with van der Waals surface area (Å²) in [6.07, 6.45) is 1.69. The molecule has 0 radical (unpaired) electrons. The van der Waals surface area contributed by atoms with E-state index in [4.69, 9.17) is 28.9 Å². The Morgan fingerprint density at radius 1 is 1.31 bits per heavy atom. The van der Waals surface area contributed by atoms with Crippen LogP contribution in [0.25, 0.3) is 0 Å². The SMILES string of the molecule is CCC(N)(Cc1cc(Cl)ccc1Cl)C(C)C. The average Bonchev–Trinajstić information content (AvgIpc) is 2.23. The standard InChI is InChI=1S/C13H19Cl2N/c1-4-13(16,9(2)3)8-10-7-11(14)5-6-12(10)15/h5-7,9H,4,8,16H2,1-3H3. The summed E-state index contributed by atoms with van der Waals surface area (Å²) in [5, 5.41) is 1.45. The zero-order valence-corrected chi connectivity index (χ0v) is 11.6. The van der Waals surface area contributed by atoms with Crippen LogP contribution in [0.1, 0.15) is 32.8 Å². The lowest BCUT2D eigenvalue weighted by atomic mass is 9.80. The lowest BCUT2D eigenvalue weighted by Gasteiger charge is -2.33. The first kappa shape index (κ1) is 13.8. The minimum absolute atomic E-state index is 0.214. The number of rotatable bonds is 4. The van der Waals surface area contributed by atoms with Crippen LogP contribution in [0.2, 0.25) is 10.0 Å². The number of benzene rings is 1. The Morgan fingerprint density at radius 3 is 2.44 bits per heavy atom. The van der Waals surface area contributed by atoms with Gasteiger partial charge in [-0.25, -0.2) is 0 Å². The van der Waals surface area contributed by atoms with Crippen LogP contribution in [0, 0.1) is 5.92 Å². The number of nitrogens with two attached hydrogens (primary N) is 1. The van der Waals surface area contributed by atoms with Gasteiger partial charge in [0.15, 0.2) is 0 Å². The van der Waals surface area contributed by atoms with Crippen molar-refractivity contribution in [3.8, 4) is 0 Å². The molecule has 3 heteroatoms. The predicted octanol–water partition coefficient (Wildman–Crippen LogP) is 4.30. The maximum absolute atomic E-state index is 6.39. The summed E-state index contributed by atoms with van der Waals surface area (Å²) in [6, 6.07) is 5.53. The van der Waals surface area contributed by atoms with Crippen molar-refractivity contribution < 1.29 is 0 Å². The van der Waals surface area contributed by atoms with Crippen LogP contribution in [0.15, 0.2) is 18.2 Å². The number of halogens is 2. The minimum Gasteiger partial charge on any atom is -0.325 e. The number of hydrogen-bond donors (Lipinski definition) is 1. The number of hydrogen-bond acceptors (Lipinski definition) is 1. The van der Waals surface area contributed by atoms with E-state index in [9.17, 15) is 0 Å². The summed E-state index contributed by atoms with van der Waals surface area (Å²) >= 11 is 12.1. The molecule has 1 aromatic rings. The van der Waals surface area contributed by atoms with E-state index >= 15 is 0 Å². The fourth-order valence-corrected chi connectivity index (χ4v) is 2.15. The molecule has 0 aliphatic heterocycles. The van der Waals surface area contributed by atoms with Gasteiger partial charge in [-0.15, -0.1) is 0 Å². The van der Waals surface area contributed by atoms with E-state index < -0.39 is 0 Å². The van der Waals surface area contributed by atoms with Crippen LogP contribution in [-0.4, -0.2) is 5.54 Å². The van der Waals surface area contributed by atoms with Crippen LogP contribution in [-0.2, 0) is 6.42 Å². The van der Waals surface area contributed by atoms with Gasteiger partial charge in [-0.05, 0) is 42.5 Å². The first-order chi connectivity index (χ1) is 7.39. The van der Waals surface area contributed by atoms with Gasteiger partial charge < -0.3 is 5.73 Å². The summed E-state index contributed by atoms with van der Waals surface area (Å²) in [6.45, 7) is 6.39. The molecule has 1 atom stereocenters. The second-order valence-corrected chi connectivity index (χ2v) is 5.50. The third-order valence-corrected chi connectivity index (χ3v) is 3.94. The first-order valence-corrected chi connectivity index (χ1v) is 6.37. The lowest BCUT2D eigenvalue weighted by molar-refractivity contribution is 0.296. The molecule has 0 amide bonds. The van der Waals surface area contributed by atoms with Crippen molar-refractivity contribution in [3.63, 3.8) is 0 Å². The van der Waals surface area contributed by atoms with Gasteiger partial charge in [-0.1, -0.05) is 44.0 Å². The Hall–Kier alpha value is -0.240. The van der Waals surface area contributed by atoms with E-state index in [1.54, 1.807) is 6.07 Å². The molecular formula is C13H19Cl2N. The molecule has 0 aliphatic carbocycles. The van der Waals surface area contributed by atoms with Crippen molar-refractivity contribution in [2.45, 2.75) is 39.2 Å². The first-order valence-electron chi connectivity index (χ1n) is 5.62. The highest BCUT2D eigenvalue weighted by Gasteiger charge is 2.27. The summed E-state index contributed by atoms with van der Waals surface area (Å²) in [4.78, 5) is 0. The van der Waals surface area contributed by atoms with Gasteiger partial charge in [0.25, 0.3) is 0 Å². The van der Waals surface area contributed by atoms with Crippen LogP contribution in [0.4, 0.5) is 0 Å². The van der Waals surface area contributed by atoms with E-state index in [-0.39, 0.29) is 5.54 Å². The Balaban J connectivity index is 2.98. The van der Waals surface area contributed by atoms with E-state index in [1.165, 1.54) is 0 Å². The zero-order valence-electron chi connectivity index (χ0n) is 10.1. The van der Waals surface area contributed by atoms with E-state index in [0.29, 0.717) is 10.9 Å². The maximum Gasteiger partial charge on any atom is 0.0439 e. The summed E-state index contributed by atoms with van der Waals surface area (Å²) < 4.78 is 0. The molecule has 0 spiro atoms. The van der Waals surface area contributed by atoms with Gasteiger partial charge in [-0.2, -0.15) is 0 Å². The van der Waals surface area contributed by atoms with E-state index in [1.807, 2.05) is 12.1 Å². The normalized spacial score (nSPS) is 15.2. The van der Waals surface area contributed by atoms with Crippen molar-refractivity contribution in [2.75, 3.05) is 0 Å². The summed E-state index contributed by atoms with van der Waals surface area (Å²) in [5.41, 5.74) is 7.21. The Morgan fingerprint density at radius 2 is 1.94 bits per heavy atom. The molecule has 0 aliphatic rings. The largest absolute Gasteiger partial charge is 0.325 e. The Kier molecular flexibility index (Phi) is 4.66. The van der Waals surface area contributed by atoms with Crippen LogP contribution < -0.4 is 5.73 Å². The fourth-order valence-electron chi connectivity index (χ4n) is 1.77. The van der Waals surface area contributed by atoms with Gasteiger partial charge in [0.05, 0.1) is 0 Å². The molecule has 2 N–H and O–H groups in total. The highest BCUT2D eigenvalue weighted by atomic mass is 35.5. The molecule has 1 aromatic carbocycles. The van der Waals surface area contributed by atoms with E-state index in [0.717, 1.165) is 23.4 Å². The van der Waals surface area contributed by atoms with Gasteiger partial charge in [0.1, 0.15) is 0 Å². The van der Waals surface area contributed by atoms with Gasteiger partial charge >= 0.3 is 0 Å². The van der Waals surface area contributed by atoms with Crippen LogP contribution in [0.5, 0.6) is 0 Å². The summed E-state index contributed by atoms with van der Waals surface area (Å²) in [5.74, 6) is 0.410. The quantitative estimate of drug-likeness (QED) is 0.858. The zero-order chi connectivity index (χ0) is 12.3. The van der Waals surface area contributed by atoms with Crippen molar-refractivity contribution in [1.29, 1.82) is 0 Å². The lowest BCUT2D eigenvalue weighted by Crippen LogP contribution is -2.46. The Labute approximate surface area is 108 Å². The third kappa shape index (κ3) is 3.13. The van der Waals surface area contributed by atoms with Crippen molar-refractivity contribution >= 4 is 23.2 Å². The van der Waals surface area contributed by atoms with Crippen LogP contribution in [0.3, 0.4) is 0 Å². The highest BCUT2D eigenvalue weighted by Crippen LogP contribution is 2.28. The average molecular weight is 260 g/mol. The molecule has 16 heavy (non-hydrogen) atoms. The van der Waals surface area contributed by atoms with Crippen molar-refractivity contribution in [1.82, 2.24) is 0 Å². The molecule has 0 heterocycles. The predicted molar refractivity (Wildman–Crippen MR) is 72.2 cm³/mol. The maximum atomic E-state index is 6.39. The molecule has 1 nitrogen and oxygen atoms in total. The molecule has 0 bridgehead atoms. The second-order valence-electron chi connectivity index (χ2n) is 4.65. The van der Waals surface area contributed by atoms with Crippen LogP contribution >= 0.6 is 23.2 Å². The fraction of sp³-hybridized carbons (Fsp3) is 0.538. The van der Waals surface area contributed by atoms with Gasteiger partial charge in [-0.3, -0.25) is 0 Å². The summed E-state index contributed by atoms with van der Waals surface area (Å²) in [7, 11) is 0. The van der Waals surface area contributed by atoms with Crippen molar-refractivity contribution in [2.24, 2.45) is 11.7 Å².